The molecule has 1 aromatic carbocycles. The first-order valence-corrected chi connectivity index (χ1v) is 6.34. The Labute approximate surface area is 94.7 Å². The highest BCUT2D eigenvalue weighted by molar-refractivity contribution is 5.30. The summed E-state index contributed by atoms with van der Waals surface area (Å²) in [6, 6.07) is 8.74. The third kappa shape index (κ3) is 4.07. The van der Waals surface area contributed by atoms with E-state index in [-0.39, 0.29) is 0 Å². The zero-order valence-corrected chi connectivity index (χ0v) is 10.4. The topological polar surface area (TPSA) is 0 Å². The zero-order valence-electron chi connectivity index (χ0n) is 10.4. The predicted octanol–water partition coefficient (Wildman–Crippen LogP) is 4.62. The van der Waals surface area contributed by atoms with E-state index in [0.717, 1.165) is 5.92 Å². The van der Waals surface area contributed by atoms with Crippen LogP contribution in [0.1, 0.15) is 51.2 Å². The Morgan fingerprint density at radius 2 is 1.47 bits per heavy atom. The molecule has 2 rings (SSSR count). The molecule has 1 aliphatic carbocycles. The molecule has 84 valence electrons. The van der Waals surface area contributed by atoms with Crippen molar-refractivity contribution in [3.8, 4) is 0 Å². The van der Waals surface area contributed by atoms with Crippen molar-refractivity contribution >= 4 is 0 Å². The van der Waals surface area contributed by atoms with E-state index >= 15 is 0 Å². The van der Waals surface area contributed by atoms with Crippen molar-refractivity contribution in [2.75, 3.05) is 0 Å². The Hall–Kier alpha value is -0.780. The average Bonchev–Trinajstić information content (AvgIpc) is 2.76. The Bertz CT molecular complexity index is 248. The van der Waals surface area contributed by atoms with Crippen LogP contribution in [0.5, 0.6) is 0 Å². The van der Waals surface area contributed by atoms with E-state index in [9.17, 15) is 0 Å². The maximum Gasteiger partial charge on any atom is -0.0273 e. The molecule has 0 fully saturated rings. The van der Waals surface area contributed by atoms with Crippen LogP contribution in [0.3, 0.4) is 0 Å². The van der Waals surface area contributed by atoms with Crippen LogP contribution in [0.15, 0.2) is 24.3 Å². The lowest BCUT2D eigenvalue weighted by molar-refractivity contribution is 0.544. The summed E-state index contributed by atoms with van der Waals surface area (Å²) in [5.41, 5.74) is 3.13. The minimum Gasteiger partial charge on any atom is -0.0651 e. The number of fused-ring (bicyclic) bond motifs is 1. The molecule has 0 saturated heterocycles. The van der Waals surface area contributed by atoms with Crippen molar-refractivity contribution in [3.05, 3.63) is 35.4 Å². The molecule has 0 atom stereocenters. The van der Waals surface area contributed by atoms with Crippen LogP contribution in [-0.4, -0.2) is 0 Å². The predicted molar refractivity (Wildman–Crippen MR) is 68.2 cm³/mol. The third-order valence-corrected chi connectivity index (χ3v) is 3.40. The molecule has 1 aliphatic rings. The second-order valence-electron chi connectivity index (χ2n) is 4.54. The fourth-order valence-corrected chi connectivity index (χ4v) is 1.80. The number of hydrogen-bond donors (Lipinski definition) is 0. The molecule has 0 saturated carbocycles. The number of benzene rings is 1. The third-order valence-electron chi connectivity index (χ3n) is 3.40. The summed E-state index contributed by atoms with van der Waals surface area (Å²) >= 11 is 0. The Morgan fingerprint density at radius 3 is 1.80 bits per heavy atom. The molecule has 0 radical (unpaired) electrons. The number of aryl methyl sites for hydroxylation is 2. The minimum absolute atomic E-state index is 0.935. The summed E-state index contributed by atoms with van der Waals surface area (Å²) in [6.07, 6.45) is 6.62. The molecule has 0 nitrogen and oxygen atoms in total. The van der Waals surface area contributed by atoms with Gasteiger partial charge in [-0.15, -0.1) is 0 Å². The molecule has 1 aromatic rings. The smallest absolute Gasteiger partial charge is 0.0273 e. The summed E-state index contributed by atoms with van der Waals surface area (Å²) in [6.45, 7) is 6.74. The van der Waals surface area contributed by atoms with Crippen LogP contribution in [-0.2, 0) is 12.8 Å². The van der Waals surface area contributed by atoms with Gasteiger partial charge in [0.05, 0.1) is 0 Å². The van der Waals surface area contributed by atoms with Gasteiger partial charge in [-0.05, 0) is 36.3 Å². The van der Waals surface area contributed by atoms with E-state index in [0.29, 0.717) is 0 Å². The highest BCUT2D eigenvalue weighted by Crippen LogP contribution is 2.20. The lowest BCUT2D eigenvalue weighted by Crippen LogP contribution is -1.85. The number of hydrogen-bond acceptors (Lipinski definition) is 0. The normalized spacial score (nSPS) is 13.3. The monoisotopic (exact) mass is 204 g/mol. The maximum absolute atomic E-state index is 2.28. The molecule has 0 heteroatoms. The van der Waals surface area contributed by atoms with Gasteiger partial charge in [0.25, 0.3) is 0 Å². The SMILES string of the molecule is CCC(C)CC.c1ccc2c(c1)CCC2. The summed E-state index contributed by atoms with van der Waals surface area (Å²) < 4.78 is 0. The molecular weight excluding hydrogens is 180 g/mol. The molecule has 0 unspecified atom stereocenters. The summed E-state index contributed by atoms with van der Waals surface area (Å²) in [5.74, 6) is 0.935. The highest BCUT2D eigenvalue weighted by atomic mass is 14.1. The van der Waals surface area contributed by atoms with Crippen molar-refractivity contribution in [2.45, 2.75) is 52.9 Å². The lowest BCUT2D eigenvalue weighted by atomic mass is 10.1. The van der Waals surface area contributed by atoms with E-state index in [1.54, 1.807) is 11.1 Å². The van der Waals surface area contributed by atoms with Gasteiger partial charge >= 0.3 is 0 Å². The van der Waals surface area contributed by atoms with Gasteiger partial charge in [-0.2, -0.15) is 0 Å². The lowest BCUT2D eigenvalue weighted by Gasteiger charge is -1.98. The fourth-order valence-electron chi connectivity index (χ4n) is 1.80. The van der Waals surface area contributed by atoms with Gasteiger partial charge in [0.2, 0.25) is 0 Å². The quantitative estimate of drug-likeness (QED) is 0.659. The first kappa shape index (κ1) is 12.3. The zero-order chi connectivity index (χ0) is 11.1. The van der Waals surface area contributed by atoms with Crippen LogP contribution >= 0.6 is 0 Å². The van der Waals surface area contributed by atoms with Crippen LogP contribution in [0.4, 0.5) is 0 Å². The van der Waals surface area contributed by atoms with Crippen LogP contribution in [0, 0.1) is 5.92 Å². The maximum atomic E-state index is 2.28. The summed E-state index contributed by atoms with van der Waals surface area (Å²) in [7, 11) is 0. The van der Waals surface area contributed by atoms with Crippen molar-refractivity contribution in [3.63, 3.8) is 0 Å². The summed E-state index contributed by atoms with van der Waals surface area (Å²) in [4.78, 5) is 0. The van der Waals surface area contributed by atoms with E-state index in [1.165, 1.54) is 32.1 Å². The number of rotatable bonds is 2. The highest BCUT2D eigenvalue weighted by Gasteiger charge is 2.07. The first-order valence-electron chi connectivity index (χ1n) is 6.34. The van der Waals surface area contributed by atoms with Gasteiger partial charge in [-0.25, -0.2) is 0 Å². The van der Waals surface area contributed by atoms with E-state index in [2.05, 4.69) is 45.0 Å². The molecule has 0 N–H and O–H groups in total. The van der Waals surface area contributed by atoms with Gasteiger partial charge in [-0.1, -0.05) is 57.9 Å². The molecule has 0 aliphatic heterocycles. The standard InChI is InChI=1S/C9H10.C6H14/c1-2-5-9-7-3-6-8(9)4-1;1-4-6(3)5-2/h1-2,4-5H,3,6-7H2;6H,4-5H2,1-3H3. The summed E-state index contributed by atoms with van der Waals surface area (Å²) in [5, 5.41) is 0. The van der Waals surface area contributed by atoms with Crippen molar-refractivity contribution < 1.29 is 0 Å². The minimum atomic E-state index is 0.935. The van der Waals surface area contributed by atoms with Gasteiger partial charge < -0.3 is 0 Å². The van der Waals surface area contributed by atoms with Crippen LogP contribution in [0.25, 0.3) is 0 Å². The second kappa shape index (κ2) is 6.66. The van der Waals surface area contributed by atoms with E-state index < -0.39 is 0 Å². The molecule has 0 heterocycles. The Morgan fingerprint density at radius 1 is 1.00 bits per heavy atom. The van der Waals surface area contributed by atoms with Crippen LogP contribution in [0.2, 0.25) is 0 Å². The molecule has 0 spiro atoms. The van der Waals surface area contributed by atoms with E-state index in [1.807, 2.05) is 0 Å². The molecule has 0 bridgehead atoms. The largest absolute Gasteiger partial charge is 0.0651 e. The Kier molecular flexibility index (Phi) is 5.45. The molecule has 0 aromatic heterocycles. The molecule has 15 heavy (non-hydrogen) atoms. The fraction of sp³-hybridized carbons (Fsp3) is 0.600. The van der Waals surface area contributed by atoms with Gasteiger partial charge in [-0.3, -0.25) is 0 Å². The van der Waals surface area contributed by atoms with Gasteiger partial charge in [0.15, 0.2) is 0 Å². The van der Waals surface area contributed by atoms with Gasteiger partial charge in [0, 0.05) is 0 Å². The van der Waals surface area contributed by atoms with E-state index in [4.69, 9.17) is 0 Å². The second-order valence-corrected chi connectivity index (χ2v) is 4.54. The van der Waals surface area contributed by atoms with Crippen molar-refractivity contribution in [2.24, 2.45) is 5.92 Å². The average molecular weight is 204 g/mol. The van der Waals surface area contributed by atoms with Crippen molar-refractivity contribution in [1.82, 2.24) is 0 Å². The van der Waals surface area contributed by atoms with Gasteiger partial charge in [0.1, 0.15) is 0 Å². The molecular formula is C15H24. The van der Waals surface area contributed by atoms with Crippen LogP contribution < -0.4 is 0 Å². The Balaban J connectivity index is 0.000000167. The van der Waals surface area contributed by atoms with Crippen molar-refractivity contribution in [1.29, 1.82) is 0 Å². The first-order chi connectivity index (χ1) is 7.27. The molecule has 0 amide bonds.